The number of thiazole rings is 1. The number of hydrogen-bond donors (Lipinski definition) is 2. The summed E-state index contributed by atoms with van der Waals surface area (Å²) in [5.74, 6) is 6.05. The Kier molecular flexibility index (Phi) is 3.33. The molecule has 0 aliphatic carbocycles. The molecule has 3 aromatic rings. The number of nitrogen functional groups attached to an aromatic ring is 1. The van der Waals surface area contributed by atoms with E-state index in [1.165, 1.54) is 22.8 Å². The van der Waals surface area contributed by atoms with E-state index in [1.54, 1.807) is 11.3 Å². The third-order valence-corrected chi connectivity index (χ3v) is 4.83. The number of nitrogens with one attached hydrogen (secondary N) is 1. The van der Waals surface area contributed by atoms with E-state index in [2.05, 4.69) is 26.4 Å². The standard InChI is InChI=1S/C12H11N5S2/c1-7-10(17-13)14-6-15-11(7)19-12-16-8-4-2-3-5-9(8)18-12/h2-6H,13H2,1H3,(H,14,15,17). The SMILES string of the molecule is Cc1c(NN)ncnc1Sc1nc2ccccc2s1. The maximum absolute atomic E-state index is 5.41. The maximum atomic E-state index is 5.41. The molecule has 0 saturated carbocycles. The Morgan fingerprint density at radius 1 is 1.26 bits per heavy atom. The predicted molar refractivity (Wildman–Crippen MR) is 78.3 cm³/mol. The van der Waals surface area contributed by atoms with Gasteiger partial charge in [-0.2, -0.15) is 0 Å². The van der Waals surface area contributed by atoms with E-state index < -0.39 is 0 Å². The summed E-state index contributed by atoms with van der Waals surface area (Å²) in [6.45, 7) is 1.94. The summed E-state index contributed by atoms with van der Waals surface area (Å²) in [6, 6.07) is 8.08. The Balaban J connectivity index is 1.96. The van der Waals surface area contributed by atoms with Crippen LogP contribution in [0.5, 0.6) is 0 Å². The molecule has 0 aliphatic rings. The summed E-state index contributed by atoms with van der Waals surface area (Å²) in [6.07, 6.45) is 1.50. The highest BCUT2D eigenvalue weighted by atomic mass is 32.2. The zero-order valence-electron chi connectivity index (χ0n) is 10.1. The predicted octanol–water partition coefficient (Wildman–Crippen LogP) is 2.83. The van der Waals surface area contributed by atoms with Gasteiger partial charge < -0.3 is 5.43 Å². The lowest BCUT2D eigenvalue weighted by molar-refractivity contribution is 0.995. The van der Waals surface area contributed by atoms with Crippen LogP contribution in [0.25, 0.3) is 10.2 Å². The van der Waals surface area contributed by atoms with Gasteiger partial charge >= 0.3 is 0 Å². The molecule has 5 nitrogen and oxygen atoms in total. The first-order valence-electron chi connectivity index (χ1n) is 5.59. The van der Waals surface area contributed by atoms with Gasteiger partial charge in [-0.1, -0.05) is 12.1 Å². The fourth-order valence-corrected chi connectivity index (χ4v) is 3.69. The van der Waals surface area contributed by atoms with Crippen LogP contribution in [0.2, 0.25) is 0 Å². The van der Waals surface area contributed by atoms with E-state index in [9.17, 15) is 0 Å². The molecule has 7 heteroatoms. The van der Waals surface area contributed by atoms with Gasteiger partial charge in [0, 0.05) is 5.56 Å². The van der Waals surface area contributed by atoms with Gasteiger partial charge in [-0.3, -0.25) is 0 Å². The van der Waals surface area contributed by atoms with Crippen molar-refractivity contribution in [2.75, 3.05) is 5.43 Å². The van der Waals surface area contributed by atoms with Crippen molar-refractivity contribution in [2.24, 2.45) is 5.84 Å². The van der Waals surface area contributed by atoms with Gasteiger partial charge in [0.2, 0.25) is 0 Å². The number of anilines is 1. The summed E-state index contributed by atoms with van der Waals surface area (Å²) >= 11 is 3.18. The quantitative estimate of drug-likeness (QED) is 0.438. The summed E-state index contributed by atoms with van der Waals surface area (Å²) in [4.78, 5) is 12.9. The van der Waals surface area contributed by atoms with Crippen LogP contribution in [0.3, 0.4) is 0 Å². The van der Waals surface area contributed by atoms with E-state index in [0.29, 0.717) is 5.82 Å². The number of fused-ring (bicyclic) bond motifs is 1. The van der Waals surface area contributed by atoms with E-state index in [0.717, 1.165) is 20.4 Å². The molecule has 0 atom stereocenters. The number of aromatic nitrogens is 3. The topological polar surface area (TPSA) is 76.7 Å². The number of rotatable bonds is 3. The van der Waals surface area contributed by atoms with Crippen LogP contribution in [-0.2, 0) is 0 Å². The minimum absolute atomic E-state index is 0.638. The Morgan fingerprint density at radius 2 is 2.11 bits per heavy atom. The van der Waals surface area contributed by atoms with Crippen molar-refractivity contribution < 1.29 is 0 Å². The first-order chi connectivity index (χ1) is 9.28. The van der Waals surface area contributed by atoms with Gasteiger partial charge in [0.15, 0.2) is 4.34 Å². The molecule has 0 spiro atoms. The summed E-state index contributed by atoms with van der Waals surface area (Å²) in [5.41, 5.74) is 4.50. The number of benzene rings is 1. The van der Waals surface area contributed by atoms with E-state index >= 15 is 0 Å². The molecule has 0 saturated heterocycles. The maximum Gasteiger partial charge on any atom is 0.157 e. The molecule has 2 aromatic heterocycles. The van der Waals surface area contributed by atoms with Gasteiger partial charge in [-0.05, 0) is 30.8 Å². The van der Waals surface area contributed by atoms with Crippen LogP contribution in [0, 0.1) is 6.92 Å². The van der Waals surface area contributed by atoms with Gasteiger partial charge in [0.25, 0.3) is 0 Å². The molecule has 0 fully saturated rings. The van der Waals surface area contributed by atoms with E-state index in [-0.39, 0.29) is 0 Å². The Labute approximate surface area is 118 Å². The third kappa shape index (κ3) is 2.40. The second-order valence-electron chi connectivity index (χ2n) is 3.85. The van der Waals surface area contributed by atoms with Crippen molar-refractivity contribution in [1.29, 1.82) is 0 Å². The monoisotopic (exact) mass is 289 g/mol. The molecule has 0 unspecified atom stereocenters. The number of hydrogen-bond acceptors (Lipinski definition) is 7. The normalized spacial score (nSPS) is 10.8. The molecule has 2 heterocycles. The molecule has 0 bridgehead atoms. The van der Waals surface area contributed by atoms with E-state index in [4.69, 9.17) is 5.84 Å². The van der Waals surface area contributed by atoms with Crippen molar-refractivity contribution in [3.05, 3.63) is 36.2 Å². The first kappa shape index (κ1) is 12.3. The van der Waals surface area contributed by atoms with Crippen molar-refractivity contribution in [3.8, 4) is 0 Å². The largest absolute Gasteiger partial charge is 0.308 e. The first-order valence-corrected chi connectivity index (χ1v) is 7.23. The van der Waals surface area contributed by atoms with Crippen LogP contribution in [0.1, 0.15) is 5.56 Å². The van der Waals surface area contributed by atoms with Crippen LogP contribution in [0.4, 0.5) is 5.82 Å². The lowest BCUT2D eigenvalue weighted by Gasteiger charge is -2.06. The fraction of sp³-hybridized carbons (Fsp3) is 0.0833. The average Bonchev–Trinajstić information content (AvgIpc) is 2.83. The van der Waals surface area contributed by atoms with Crippen LogP contribution in [0.15, 0.2) is 40.0 Å². The molecular weight excluding hydrogens is 278 g/mol. The Morgan fingerprint density at radius 3 is 2.89 bits per heavy atom. The van der Waals surface area contributed by atoms with Crippen LogP contribution in [-0.4, -0.2) is 15.0 Å². The van der Waals surface area contributed by atoms with Crippen molar-refractivity contribution in [3.63, 3.8) is 0 Å². The summed E-state index contributed by atoms with van der Waals surface area (Å²) < 4.78 is 2.14. The lowest BCUT2D eigenvalue weighted by Crippen LogP contribution is -2.10. The molecule has 0 radical (unpaired) electrons. The second-order valence-corrected chi connectivity index (χ2v) is 6.11. The molecule has 3 N–H and O–H groups in total. The van der Waals surface area contributed by atoms with Gasteiger partial charge in [-0.25, -0.2) is 20.8 Å². The van der Waals surface area contributed by atoms with Crippen molar-refractivity contribution in [1.82, 2.24) is 15.0 Å². The zero-order valence-corrected chi connectivity index (χ0v) is 11.8. The molecule has 3 rings (SSSR count). The Hall–Kier alpha value is -1.70. The molecule has 0 amide bonds. The molecule has 1 aromatic carbocycles. The zero-order chi connectivity index (χ0) is 13.2. The number of hydrazine groups is 1. The van der Waals surface area contributed by atoms with Gasteiger partial charge in [-0.15, -0.1) is 11.3 Å². The van der Waals surface area contributed by atoms with Crippen molar-refractivity contribution in [2.45, 2.75) is 16.3 Å². The third-order valence-electron chi connectivity index (χ3n) is 2.63. The van der Waals surface area contributed by atoms with E-state index in [1.807, 2.05) is 25.1 Å². The highest BCUT2D eigenvalue weighted by Gasteiger charge is 2.10. The van der Waals surface area contributed by atoms with Crippen LogP contribution < -0.4 is 11.3 Å². The summed E-state index contributed by atoms with van der Waals surface area (Å²) in [7, 11) is 0. The minimum atomic E-state index is 0.638. The van der Waals surface area contributed by atoms with Gasteiger partial charge in [0.05, 0.1) is 10.2 Å². The lowest BCUT2D eigenvalue weighted by atomic mass is 10.3. The second kappa shape index (κ2) is 5.12. The van der Waals surface area contributed by atoms with Gasteiger partial charge in [0.1, 0.15) is 17.2 Å². The smallest absolute Gasteiger partial charge is 0.157 e. The van der Waals surface area contributed by atoms with Crippen LogP contribution >= 0.6 is 23.1 Å². The number of nitrogens with two attached hydrogens (primary N) is 1. The Bertz CT molecular complexity index is 692. The average molecular weight is 289 g/mol. The molecule has 96 valence electrons. The molecule has 19 heavy (non-hydrogen) atoms. The highest BCUT2D eigenvalue weighted by molar-refractivity contribution is 8.01. The number of para-hydroxylation sites is 1. The van der Waals surface area contributed by atoms with Crippen molar-refractivity contribution >= 4 is 39.1 Å². The number of nitrogens with zero attached hydrogens (tertiary/aromatic N) is 3. The molecule has 0 aliphatic heterocycles. The fourth-order valence-electron chi connectivity index (χ4n) is 1.66. The molecular formula is C12H11N5S2. The summed E-state index contributed by atoms with van der Waals surface area (Å²) in [5, 5.41) is 0.863. The highest BCUT2D eigenvalue weighted by Crippen LogP contribution is 2.35. The minimum Gasteiger partial charge on any atom is -0.308 e.